The summed E-state index contributed by atoms with van der Waals surface area (Å²) in [6, 6.07) is 9.10. The van der Waals surface area contributed by atoms with Crippen LogP contribution in [0.25, 0.3) is 10.6 Å². The SMILES string of the molecule is Cn1nc(-c2ccc(S(=O)(=O)N=S(C)(=O)c3ccc(Cl)cc3)s2)cc1C(F)(F)F. The van der Waals surface area contributed by atoms with Crippen molar-refractivity contribution in [1.82, 2.24) is 9.78 Å². The van der Waals surface area contributed by atoms with Gasteiger partial charge in [0.1, 0.15) is 15.6 Å². The summed E-state index contributed by atoms with van der Waals surface area (Å²) in [6.07, 6.45) is -3.41. The third-order valence-electron chi connectivity index (χ3n) is 3.75. The van der Waals surface area contributed by atoms with Crippen molar-refractivity contribution in [2.45, 2.75) is 15.3 Å². The van der Waals surface area contributed by atoms with Gasteiger partial charge < -0.3 is 0 Å². The van der Waals surface area contributed by atoms with Crippen molar-refractivity contribution in [3.8, 4) is 10.6 Å². The summed E-state index contributed by atoms with van der Waals surface area (Å²) in [5, 5.41) is 4.18. The van der Waals surface area contributed by atoms with Gasteiger partial charge in [0, 0.05) is 23.2 Å². The molecule has 0 saturated carbocycles. The Morgan fingerprint density at radius 1 is 1.10 bits per heavy atom. The standard InChI is InChI=1S/C16H13ClF3N3O3S3/c1-23-14(16(18,19)20)9-12(21-23)13-7-8-15(27-13)29(25,26)22-28(2,24)11-5-3-10(17)4-6-11/h3-9H,1-2H3. The van der Waals surface area contributed by atoms with Gasteiger partial charge in [0.2, 0.25) is 0 Å². The lowest BCUT2D eigenvalue weighted by atomic mass is 10.3. The lowest BCUT2D eigenvalue weighted by Crippen LogP contribution is -2.11. The molecule has 6 nitrogen and oxygen atoms in total. The maximum absolute atomic E-state index is 12.9. The van der Waals surface area contributed by atoms with Crippen LogP contribution in [0.1, 0.15) is 5.69 Å². The van der Waals surface area contributed by atoms with E-state index in [9.17, 15) is 25.8 Å². The topological polar surface area (TPSA) is 81.4 Å². The zero-order valence-corrected chi connectivity index (χ0v) is 18.0. The Morgan fingerprint density at radius 3 is 2.28 bits per heavy atom. The van der Waals surface area contributed by atoms with Crippen LogP contribution in [-0.4, -0.2) is 28.7 Å². The maximum Gasteiger partial charge on any atom is 0.433 e. The molecule has 0 aliphatic rings. The normalized spacial score (nSPS) is 14.6. The van der Waals surface area contributed by atoms with Crippen LogP contribution in [0.5, 0.6) is 0 Å². The van der Waals surface area contributed by atoms with E-state index in [2.05, 4.69) is 8.87 Å². The zero-order chi connectivity index (χ0) is 21.6. The van der Waals surface area contributed by atoms with E-state index in [0.717, 1.165) is 13.1 Å². The number of thiophene rings is 1. The highest BCUT2D eigenvalue weighted by atomic mass is 35.5. The molecule has 13 heteroatoms. The highest BCUT2D eigenvalue weighted by molar-refractivity contribution is 8.03. The van der Waals surface area contributed by atoms with E-state index in [1.807, 2.05) is 0 Å². The summed E-state index contributed by atoms with van der Waals surface area (Å²) >= 11 is 6.47. The van der Waals surface area contributed by atoms with Crippen molar-refractivity contribution >= 4 is 42.7 Å². The molecule has 0 amide bonds. The molecule has 29 heavy (non-hydrogen) atoms. The molecule has 1 atom stereocenters. The van der Waals surface area contributed by atoms with Gasteiger partial charge in [-0.05, 0) is 42.5 Å². The zero-order valence-electron chi connectivity index (χ0n) is 14.8. The number of aryl methyl sites for hydroxylation is 1. The highest BCUT2D eigenvalue weighted by Gasteiger charge is 2.35. The van der Waals surface area contributed by atoms with Gasteiger partial charge in [0.05, 0.1) is 14.6 Å². The van der Waals surface area contributed by atoms with Crippen LogP contribution in [0.4, 0.5) is 13.2 Å². The smallest absolute Gasteiger partial charge is 0.263 e. The Bertz CT molecular complexity index is 1290. The molecule has 156 valence electrons. The second kappa shape index (κ2) is 7.42. The molecule has 3 rings (SSSR count). The van der Waals surface area contributed by atoms with Crippen molar-refractivity contribution in [2.24, 2.45) is 10.8 Å². The van der Waals surface area contributed by atoms with Crippen LogP contribution in [0.3, 0.4) is 0 Å². The molecule has 0 fully saturated rings. The second-order valence-corrected chi connectivity index (χ2v) is 11.8. The van der Waals surface area contributed by atoms with E-state index in [4.69, 9.17) is 11.6 Å². The minimum atomic E-state index is -4.59. The summed E-state index contributed by atoms with van der Waals surface area (Å²) in [4.78, 5) is 0.390. The van der Waals surface area contributed by atoms with Gasteiger partial charge in [-0.2, -0.15) is 26.7 Å². The average molecular weight is 484 g/mol. The minimum absolute atomic E-state index is 0.0267. The van der Waals surface area contributed by atoms with E-state index in [1.54, 1.807) is 0 Å². The summed E-state index contributed by atoms with van der Waals surface area (Å²) in [5.74, 6) is 0. The number of rotatable bonds is 4. The van der Waals surface area contributed by atoms with Gasteiger partial charge in [-0.1, -0.05) is 11.6 Å². The molecule has 1 aromatic carbocycles. The van der Waals surface area contributed by atoms with E-state index in [1.165, 1.54) is 42.7 Å². The first-order chi connectivity index (χ1) is 13.3. The largest absolute Gasteiger partial charge is 0.433 e. The Hall–Kier alpha value is -1.89. The quantitative estimate of drug-likeness (QED) is 0.540. The molecular weight excluding hydrogens is 471 g/mol. The fourth-order valence-corrected chi connectivity index (χ4v) is 7.20. The van der Waals surface area contributed by atoms with Crippen molar-refractivity contribution in [3.05, 3.63) is 53.2 Å². The van der Waals surface area contributed by atoms with Crippen LogP contribution >= 0.6 is 22.9 Å². The first-order valence-corrected chi connectivity index (χ1v) is 12.3. The van der Waals surface area contributed by atoms with Crippen LogP contribution in [0, 0.1) is 0 Å². The first kappa shape index (κ1) is 21.8. The monoisotopic (exact) mass is 483 g/mol. The predicted molar refractivity (Wildman–Crippen MR) is 105 cm³/mol. The number of hydrogen-bond acceptors (Lipinski definition) is 5. The van der Waals surface area contributed by atoms with Crippen molar-refractivity contribution < 1.29 is 25.8 Å². The fourth-order valence-electron chi connectivity index (χ4n) is 2.40. The van der Waals surface area contributed by atoms with E-state index in [0.29, 0.717) is 21.0 Å². The Labute approximate surface area is 174 Å². The molecule has 1 unspecified atom stereocenters. The third kappa shape index (κ3) is 4.65. The molecule has 3 aromatic rings. The molecule has 0 N–H and O–H groups in total. The van der Waals surface area contributed by atoms with Crippen molar-refractivity contribution in [3.63, 3.8) is 0 Å². The molecule has 0 aliphatic heterocycles. The van der Waals surface area contributed by atoms with Gasteiger partial charge in [-0.25, -0.2) is 4.21 Å². The molecule has 2 heterocycles. The second-order valence-electron chi connectivity index (χ2n) is 5.96. The maximum atomic E-state index is 12.9. The third-order valence-corrected chi connectivity index (χ3v) is 9.50. The molecule has 0 spiro atoms. The summed E-state index contributed by atoms with van der Waals surface area (Å²) in [6.45, 7) is 0. The highest BCUT2D eigenvalue weighted by Crippen LogP contribution is 2.35. The summed E-state index contributed by atoms with van der Waals surface area (Å²) in [7, 11) is -6.47. The number of halogens is 4. The van der Waals surface area contributed by atoms with E-state index in [-0.39, 0.29) is 19.7 Å². The lowest BCUT2D eigenvalue weighted by Gasteiger charge is -2.04. The minimum Gasteiger partial charge on any atom is -0.263 e. The van der Waals surface area contributed by atoms with Gasteiger partial charge in [0.25, 0.3) is 10.0 Å². The van der Waals surface area contributed by atoms with Gasteiger partial charge in [-0.3, -0.25) is 4.68 Å². The number of sulfonamides is 1. The summed E-state index contributed by atoms with van der Waals surface area (Å²) in [5.41, 5.74) is -0.990. The number of alkyl halides is 3. The Balaban J connectivity index is 1.99. The van der Waals surface area contributed by atoms with Crippen molar-refractivity contribution in [2.75, 3.05) is 6.26 Å². The Morgan fingerprint density at radius 2 is 1.72 bits per heavy atom. The number of benzene rings is 1. The van der Waals surface area contributed by atoms with E-state index < -0.39 is 31.6 Å². The number of aromatic nitrogens is 2. The summed E-state index contributed by atoms with van der Waals surface area (Å²) < 4.78 is 80.8. The fraction of sp³-hybridized carbons (Fsp3) is 0.188. The molecule has 0 aliphatic carbocycles. The van der Waals surface area contributed by atoms with Gasteiger partial charge >= 0.3 is 6.18 Å². The molecule has 2 aromatic heterocycles. The van der Waals surface area contributed by atoms with Gasteiger partial charge in [-0.15, -0.1) is 15.1 Å². The van der Waals surface area contributed by atoms with Crippen LogP contribution in [0.2, 0.25) is 5.02 Å². The van der Waals surface area contributed by atoms with Crippen LogP contribution in [-0.2, 0) is 33.0 Å². The van der Waals surface area contributed by atoms with E-state index >= 15 is 0 Å². The number of nitrogens with zero attached hydrogens (tertiary/aromatic N) is 3. The van der Waals surface area contributed by atoms with Crippen LogP contribution in [0.15, 0.2) is 55.3 Å². The lowest BCUT2D eigenvalue weighted by molar-refractivity contribution is -0.143. The first-order valence-electron chi connectivity index (χ1n) is 7.75. The van der Waals surface area contributed by atoms with Crippen molar-refractivity contribution in [1.29, 1.82) is 0 Å². The molecule has 0 bridgehead atoms. The number of hydrogen-bond donors (Lipinski definition) is 0. The molecule has 0 saturated heterocycles. The Kier molecular flexibility index (Phi) is 5.58. The average Bonchev–Trinajstić information content (AvgIpc) is 3.20. The molecule has 0 radical (unpaired) electrons. The molecular formula is C16H13ClF3N3O3S3. The van der Waals surface area contributed by atoms with Crippen LogP contribution < -0.4 is 0 Å². The predicted octanol–water partition coefficient (Wildman–Crippen LogP) is 4.67. The van der Waals surface area contributed by atoms with Gasteiger partial charge in [0.15, 0.2) is 0 Å².